The van der Waals surface area contributed by atoms with Crippen molar-refractivity contribution in [2.24, 2.45) is 0 Å². The Morgan fingerprint density at radius 1 is 1.53 bits per heavy atom. The minimum absolute atomic E-state index is 0.108. The summed E-state index contributed by atoms with van der Waals surface area (Å²) in [4.78, 5) is 13.7. The summed E-state index contributed by atoms with van der Waals surface area (Å²) in [5, 5.41) is 9.25. The van der Waals surface area contributed by atoms with Crippen LogP contribution in [0.25, 0.3) is 0 Å². The third-order valence-electron chi connectivity index (χ3n) is 2.85. The fourth-order valence-corrected chi connectivity index (χ4v) is 1.64. The summed E-state index contributed by atoms with van der Waals surface area (Å²) in [5.74, 6) is -0.206. The number of aliphatic hydroxyl groups is 1. The zero-order valence-electron chi connectivity index (χ0n) is 10.2. The molecule has 0 spiro atoms. The van der Waals surface area contributed by atoms with Crippen LogP contribution in [0, 0.1) is 0 Å². The highest BCUT2D eigenvalue weighted by Gasteiger charge is 2.28. The number of hydrogen-bond acceptors (Lipinski definition) is 3. The van der Waals surface area contributed by atoms with E-state index in [4.69, 9.17) is 5.73 Å². The Bertz CT molecular complexity index is 433. The van der Waals surface area contributed by atoms with Gasteiger partial charge in [0.2, 0.25) is 0 Å². The summed E-state index contributed by atoms with van der Waals surface area (Å²) in [5.41, 5.74) is 6.03. The number of likely N-dealkylation sites (N-methyl/N-ethyl adjacent to an activating group) is 1. The molecule has 0 aromatic heterocycles. The van der Waals surface area contributed by atoms with Gasteiger partial charge in [0.1, 0.15) is 0 Å². The third-order valence-corrected chi connectivity index (χ3v) is 3.34. The standard InChI is InChI=1S/C12H17BrN2O2/c1-12(2,7-16)15(3)11(17)9-6-8(13)4-5-10(9)14/h4-6,16H,7,14H2,1-3H3. The average Bonchev–Trinajstić information content (AvgIpc) is 2.30. The molecule has 0 fully saturated rings. The van der Waals surface area contributed by atoms with Gasteiger partial charge in [-0.3, -0.25) is 4.79 Å². The minimum atomic E-state index is -0.619. The lowest BCUT2D eigenvalue weighted by Crippen LogP contribution is -2.47. The largest absolute Gasteiger partial charge is 0.398 e. The molecule has 3 N–H and O–H groups in total. The predicted octanol–water partition coefficient (Wildman–Crippen LogP) is 1.87. The van der Waals surface area contributed by atoms with Crippen LogP contribution in [-0.2, 0) is 0 Å². The van der Waals surface area contributed by atoms with Crippen molar-refractivity contribution in [1.82, 2.24) is 4.90 Å². The van der Waals surface area contributed by atoms with Gasteiger partial charge in [0, 0.05) is 17.2 Å². The van der Waals surface area contributed by atoms with Gasteiger partial charge in [-0.25, -0.2) is 0 Å². The van der Waals surface area contributed by atoms with Gasteiger partial charge < -0.3 is 15.7 Å². The molecule has 0 radical (unpaired) electrons. The van der Waals surface area contributed by atoms with Gasteiger partial charge in [-0.2, -0.15) is 0 Å². The third kappa shape index (κ3) is 2.98. The highest BCUT2D eigenvalue weighted by atomic mass is 79.9. The van der Waals surface area contributed by atoms with Crippen LogP contribution >= 0.6 is 15.9 Å². The van der Waals surface area contributed by atoms with Crippen LogP contribution in [0.5, 0.6) is 0 Å². The van der Waals surface area contributed by atoms with E-state index in [0.29, 0.717) is 11.3 Å². The molecule has 0 aliphatic heterocycles. The van der Waals surface area contributed by atoms with Crippen LogP contribution in [0.3, 0.4) is 0 Å². The first-order chi connectivity index (χ1) is 7.79. The molecule has 1 rings (SSSR count). The number of nitrogens with two attached hydrogens (primary N) is 1. The summed E-state index contributed by atoms with van der Waals surface area (Å²) in [6.45, 7) is 3.47. The smallest absolute Gasteiger partial charge is 0.256 e. The van der Waals surface area contributed by atoms with Crippen molar-refractivity contribution in [2.75, 3.05) is 19.4 Å². The minimum Gasteiger partial charge on any atom is -0.398 e. The van der Waals surface area contributed by atoms with Crippen molar-refractivity contribution in [3.05, 3.63) is 28.2 Å². The Morgan fingerprint density at radius 2 is 2.12 bits per heavy atom. The molecule has 94 valence electrons. The van der Waals surface area contributed by atoms with Gasteiger partial charge in [0.05, 0.1) is 17.7 Å². The highest BCUT2D eigenvalue weighted by molar-refractivity contribution is 9.10. The maximum absolute atomic E-state index is 12.2. The maximum atomic E-state index is 12.2. The lowest BCUT2D eigenvalue weighted by atomic mass is 10.0. The van der Waals surface area contributed by atoms with E-state index in [0.717, 1.165) is 4.47 Å². The summed E-state index contributed by atoms with van der Waals surface area (Å²) >= 11 is 3.31. The van der Waals surface area contributed by atoms with Gasteiger partial charge in [0.15, 0.2) is 0 Å². The highest BCUT2D eigenvalue weighted by Crippen LogP contribution is 2.22. The summed E-state index contributed by atoms with van der Waals surface area (Å²) in [6, 6.07) is 5.14. The fourth-order valence-electron chi connectivity index (χ4n) is 1.28. The van der Waals surface area contributed by atoms with Crippen LogP contribution in [0.2, 0.25) is 0 Å². The lowest BCUT2D eigenvalue weighted by Gasteiger charge is -2.34. The van der Waals surface area contributed by atoms with E-state index in [1.807, 2.05) is 0 Å². The molecule has 5 heteroatoms. The molecule has 0 aliphatic carbocycles. The average molecular weight is 301 g/mol. The van der Waals surface area contributed by atoms with Crippen LogP contribution in [0.1, 0.15) is 24.2 Å². The lowest BCUT2D eigenvalue weighted by molar-refractivity contribution is 0.0474. The summed E-state index contributed by atoms with van der Waals surface area (Å²) in [6.07, 6.45) is 0. The Morgan fingerprint density at radius 3 is 2.65 bits per heavy atom. The zero-order valence-corrected chi connectivity index (χ0v) is 11.8. The maximum Gasteiger partial charge on any atom is 0.256 e. The number of carbonyl (C=O) groups excluding carboxylic acids is 1. The van der Waals surface area contributed by atoms with Gasteiger partial charge >= 0.3 is 0 Å². The number of carbonyl (C=O) groups is 1. The van der Waals surface area contributed by atoms with Crippen LogP contribution in [0.15, 0.2) is 22.7 Å². The van der Waals surface area contributed by atoms with Crippen molar-refractivity contribution >= 4 is 27.5 Å². The molecule has 1 aromatic carbocycles. The topological polar surface area (TPSA) is 66.6 Å². The number of aliphatic hydroxyl groups excluding tert-OH is 1. The van der Waals surface area contributed by atoms with Crippen LogP contribution in [-0.4, -0.2) is 35.1 Å². The number of rotatable bonds is 3. The van der Waals surface area contributed by atoms with E-state index < -0.39 is 5.54 Å². The zero-order chi connectivity index (χ0) is 13.2. The van der Waals surface area contributed by atoms with Crippen molar-refractivity contribution in [2.45, 2.75) is 19.4 Å². The predicted molar refractivity (Wildman–Crippen MR) is 71.8 cm³/mol. The summed E-state index contributed by atoms with van der Waals surface area (Å²) < 4.78 is 0.797. The summed E-state index contributed by atoms with van der Waals surface area (Å²) in [7, 11) is 1.65. The fraction of sp³-hybridized carbons (Fsp3) is 0.417. The molecule has 0 saturated carbocycles. The molecule has 17 heavy (non-hydrogen) atoms. The first-order valence-electron chi connectivity index (χ1n) is 5.23. The molecular weight excluding hydrogens is 284 g/mol. The second-order valence-electron chi connectivity index (χ2n) is 4.57. The van der Waals surface area contributed by atoms with Gasteiger partial charge in [-0.1, -0.05) is 15.9 Å². The molecule has 1 aromatic rings. The number of benzene rings is 1. The molecule has 0 atom stereocenters. The molecule has 0 saturated heterocycles. The Kier molecular flexibility index (Phi) is 4.16. The number of hydrogen-bond donors (Lipinski definition) is 2. The quantitative estimate of drug-likeness (QED) is 0.838. The van der Waals surface area contributed by atoms with E-state index >= 15 is 0 Å². The van der Waals surface area contributed by atoms with Crippen molar-refractivity contribution in [3.8, 4) is 0 Å². The first kappa shape index (κ1) is 14.0. The van der Waals surface area contributed by atoms with E-state index in [9.17, 15) is 9.90 Å². The number of halogens is 1. The SMILES string of the molecule is CN(C(=O)c1cc(Br)ccc1N)C(C)(C)CO. The Labute approximate surface area is 110 Å². The van der Waals surface area contributed by atoms with E-state index in [2.05, 4.69) is 15.9 Å². The molecule has 0 bridgehead atoms. The van der Waals surface area contributed by atoms with Crippen LogP contribution in [0.4, 0.5) is 5.69 Å². The Balaban J connectivity index is 3.08. The number of nitrogens with zero attached hydrogens (tertiary/aromatic N) is 1. The van der Waals surface area contributed by atoms with Crippen LogP contribution < -0.4 is 5.73 Å². The monoisotopic (exact) mass is 300 g/mol. The van der Waals surface area contributed by atoms with Crippen molar-refractivity contribution < 1.29 is 9.90 Å². The van der Waals surface area contributed by atoms with Crippen molar-refractivity contribution in [3.63, 3.8) is 0 Å². The van der Waals surface area contributed by atoms with E-state index in [1.165, 1.54) is 4.90 Å². The second-order valence-corrected chi connectivity index (χ2v) is 5.48. The molecular formula is C12H17BrN2O2. The normalized spacial score (nSPS) is 11.4. The number of nitrogen functional groups attached to an aromatic ring is 1. The van der Waals surface area contributed by atoms with Gasteiger partial charge in [-0.15, -0.1) is 0 Å². The van der Waals surface area contributed by atoms with E-state index in [1.54, 1.807) is 39.1 Å². The first-order valence-corrected chi connectivity index (χ1v) is 6.03. The van der Waals surface area contributed by atoms with Gasteiger partial charge in [-0.05, 0) is 32.0 Å². The molecule has 1 amide bonds. The molecule has 4 nitrogen and oxygen atoms in total. The molecule has 0 aliphatic rings. The number of amides is 1. The number of anilines is 1. The Hall–Kier alpha value is -1.07. The molecule has 0 unspecified atom stereocenters. The van der Waals surface area contributed by atoms with E-state index in [-0.39, 0.29) is 12.5 Å². The van der Waals surface area contributed by atoms with Crippen molar-refractivity contribution in [1.29, 1.82) is 0 Å². The second kappa shape index (κ2) is 5.06. The van der Waals surface area contributed by atoms with Gasteiger partial charge in [0.25, 0.3) is 5.91 Å². The molecule has 0 heterocycles.